The highest BCUT2D eigenvalue weighted by Crippen LogP contribution is 2.14. The van der Waals surface area contributed by atoms with E-state index in [9.17, 15) is 9.59 Å². The Kier molecular flexibility index (Phi) is 5.71. The monoisotopic (exact) mass is 347 g/mol. The molecule has 0 spiro atoms. The van der Waals surface area contributed by atoms with E-state index >= 15 is 0 Å². The predicted octanol–water partition coefficient (Wildman–Crippen LogP) is 1.91. The summed E-state index contributed by atoms with van der Waals surface area (Å²) in [6.45, 7) is 9.63. The first kappa shape index (κ1) is 18.8. The van der Waals surface area contributed by atoms with Gasteiger partial charge in [0.2, 0.25) is 11.8 Å². The largest absolute Gasteiger partial charge is 0.344 e. The van der Waals surface area contributed by atoms with Crippen molar-refractivity contribution in [2.24, 2.45) is 0 Å². The maximum absolute atomic E-state index is 12.4. The third-order valence-electron chi connectivity index (χ3n) is 4.09. The topological polar surface area (TPSA) is 94.1 Å². The van der Waals surface area contributed by atoms with Crippen LogP contribution in [0.1, 0.15) is 60.2 Å². The SMILES string of the molecule is CC(=O)c1c(C)nn(CC(=O)N(C)CCc2noc(C(C)C)n2)c1C. The van der Waals surface area contributed by atoms with E-state index < -0.39 is 0 Å². The van der Waals surface area contributed by atoms with Crippen LogP contribution in [0, 0.1) is 13.8 Å². The summed E-state index contributed by atoms with van der Waals surface area (Å²) in [6, 6.07) is 0. The van der Waals surface area contributed by atoms with Gasteiger partial charge in [-0.05, 0) is 20.8 Å². The zero-order valence-electron chi connectivity index (χ0n) is 15.7. The molecule has 0 radical (unpaired) electrons. The Morgan fingerprint density at radius 1 is 1.28 bits per heavy atom. The number of aryl methyl sites for hydroxylation is 1. The Bertz CT molecular complexity index is 775. The van der Waals surface area contributed by atoms with Gasteiger partial charge in [-0.2, -0.15) is 10.1 Å². The average Bonchev–Trinajstić information content (AvgIpc) is 3.10. The molecular weight excluding hydrogens is 322 g/mol. The second-order valence-electron chi connectivity index (χ2n) is 6.53. The number of ketones is 1. The minimum atomic E-state index is -0.0896. The van der Waals surface area contributed by atoms with E-state index in [1.54, 1.807) is 30.5 Å². The van der Waals surface area contributed by atoms with Crippen LogP contribution in [0.4, 0.5) is 0 Å². The van der Waals surface area contributed by atoms with Crippen molar-refractivity contribution in [1.29, 1.82) is 0 Å². The number of Topliss-reactive ketones (excluding diaryl/α,β-unsaturated/α-hetero) is 1. The smallest absolute Gasteiger partial charge is 0.244 e. The van der Waals surface area contributed by atoms with Crippen molar-refractivity contribution in [2.45, 2.75) is 53.5 Å². The van der Waals surface area contributed by atoms with Gasteiger partial charge in [-0.25, -0.2) is 0 Å². The summed E-state index contributed by atoms with van der Waals surface area (Å²) in [4.78, 5) is 30.0. The third kappa shape index (κ3) is 4.32. The molecule has 0 saturated heterocycles. The Morgan fingerprint density at radius 2 is 1.96 bits per heavy atom. The van der Waals surface area contributed by atoms with Gasteiger partial charge in [0.1, 0.15) is 6.54 Å². The zero-order valence-corrected chi connectivity index (χ0v) is 15.7. The lowest BCUT2D eigenvalue weighted by Crippen LogP contribution is -2.32. The Hall–Kier alpha value is -2.51. The van der Waals surface area contributed by atoms with Crippen molar-refractivity contribution in [1.82, 2.24) is 24.8 Å². The molecule has 0 unspecified atom stereocenters. The molecule has 0 aliphatic rings. The van der Waals surface area contributed by atoms with E-state index in [0.29, 0.717) is 41.6 Å². The van der Waals surface area contributed by atoms with Gasteiger partial charge in [0.15, 0.2) is 11.6 Å². The maximum Gasteiger partial charge on any atom is 0.244 e. The van der Waals surface area contributed by atoms with E-state index in [4.69, 9.17) is 4.52 Å². The molecule has 0 aliphatic carbocycles. The first-order valence-corrected chi connectivity index (χ1v) is 8.32. The van der Waals surface area contributed by atoms with E-state index in [0.717, 1.165) is 0 Å². The van der Waals surface area contributed by atoms with E-state index in [2.05, 4.69) is 15.2 Å². The molecule has 0 fully saturated rings. The van der Waals surface area contributed by atoms with Gasteiger partial charge in [0, 0.05) is 31.6 Å². The number of aromatic nitrogens is 4. The zero-order chi connectivity index (χ0) is 18.7. The summed E-state index contributed by atoms with van der Waals surface area (Å²) in [7, 11) is 1.73. The lowest BCUT2D eigenvalue weighted by atomic mass is 10.1. The van der Waals surface area contributed by atoms with E-state index in [1.165, 1.54) is 6.92 Å². The highest BCUT2D eigenvalue weighted by Gasteiger charge is 2.19. The first-order valence-electron chi connectivity index (χ1n) is 8.32. The van der Waals surface area contributed by atoms with E-state index in [1.807, 2.05) is 13.8 Å². The molecule has 0 atom stereocenters. The maximum atomic E-state index is 12.4. The molecule has 8 nitrogen and oxygen atoms in total. The van der Waals surface area contributed by atoms with Gasteiger partial charge in [0.05, 0.1) is 11.3 Å². The average molecular weight is 347 g/mol. The summed E-state index contributed by atoms with van der Waals surface area (Å²) in [6.07, 6.45) is 0.522. The van der Waals surface area contributed by atoms with Crippen LogP contribution in [0.3, 0.4) is 0 Å². The first-order chi connectivity index (χ1) is 11.7. The van der Waals surface area contributed by atoms with Crippen LogP contribution in [0.15, 0.2) is 4.52 Å². The Morgan fingerprint density at radius 3 is 2.48 bits per heavy atom. The van der Waals surface area contributed by atoms with Crippen LogP contribution in [0.2, 0.25) is 0 Å². The van der Waals surface area contributed by atoms with Crippen LogP contribution in [0.25, 0.3) is 0 Å². The van der Waals surface area contributed by atoms with Crippen LogP contribution >= 0.6 is 0 Å². The number of hydrogen-bond acceptors (Lipinski definition) is 6. The van der Waals surface area contributed by atoms with Crippen molar-refractivity contribution in [3.8, 4) is 0 Å². The molecule has 2 rings (SSSR count). The predicted molar refractivity (Wildman–Crippen MR) is 91.4 cm³/mol. The van der Waals surface area contributed by atoms with Crippen LogP contribution < -0.4 is 0 Å². The molecule has 0 bridgehead atoms. The Balaban J connectivity index is 1.96. The summed E-state index contributed by atoms with van der Waals surface area (Å²) >= 11 is 0. The quantitative estimate of drug-likeness (QED) is 0.710. The fourth-order valence-electron chi connectivity index (χ4n) is 2.61. The summed E-state index contributed by atoms with van der Waals surface area (Å²) in [5, 5.41) is 8.23. The lowest BCUT2D eigenvalue weighted by molar-refractivity contribution is -0.130. The highest BCUT2D eigenvalue weighted by atomic mass is 16.5. The number of likely N-dealkylation sites (N-methyl/N-ethyl adjacent to an activating group) is 1. The third-order valence-corrected chi connectivity index (χ3v) is 4.09. The van der Waals surface area contributed by atoms with Crippen molar-refractivity contribution in [3.63, 3.8) is 0 Å². The van der Waals surface area contributed by atoms with Crippen molar-refractivity contribution < 1.29 is 14.1 Å². The van der Waals surface area contributed by atoms with Gasteiger partial charge in [-0.1, -0.05) is 19.0 Å². The number of carbonyl (C=O) groups excluding carboxylic acids is 2. The van der Waals surface area contributed by atoms with Gasteiger partial charge < -0.3 is 9.42 Å². The Labute approximate surface area is 147 Å². The minimum absolute atomic E-state index is 0.0416. The van der Waals surface area contributed by atoms with Gasteiger partial charge in [-0.3, -0.25) is 14.3 Å². The van der Waals surface area contributed by atoms with Crippen molar-refractivity contribution in [3.05, 3.63) is 28.7 Å². The second kappa shape index (κ2) is 7.58. The normalized spacial score (nSPS) is 11.2. The van der Waals surface area contributed by atoms with Crippen LogP contribution in [-0.2, 0) is 17.8 Å². The lowest BCUT2D eigenvalue weighted by Gasteiger charge is -2.16. The van der Waals surface area contributed by atoms with Crippen LogP contribution in [-0.4, -0.2) is 50.1 Å². The molecule has 0 aromatic carbocycles. The minimum Gasteiger partial charge on any atom is -0.344 e. The van der Waals surface area contributed by atoms with E-state index in [-0.39, 0.29) is 24.2 Å². The summed E-state index contributed by atoms with van der Waals surface area (Å²) in [5.41, 5.74) is 1.95. The number of hydrogen-bond donors (Lipinski definition) is 0. The molecule has 2 heterocycles. The molecule has 2 aromatic heterocycles. The summed E-state index contributed by atoms with van der Waals surface area (Å²) < 4.78 is 6.74. The fraction of sp³-hybridized carbons (Fsp3) is 0.588. The molecule has 0 saturated carbocycles. The van der Waals surface area contributed by atoms with Gasteiger partial charge in [0.25, 0.3) is 0 Å². The highest BCUT2D eigenvalue weighted by molar-refractivity contribution is 5.96. The summed E-state index contributed by atoms with van der Waals surface area (Å²) in [5.74, 6) is 1.24. The number of nitrogens with zero attached hydrogens (tertiary/aromatic N) is 5. The van der Waals surface area contributed by atoms with Crippen molar-refractivity contribution >= 4 is 11.7 Å². The second-order valence-corrected chi connectivity index (χ2v) is 6.53. The van der Waals surface area contributed by atoms with Gasteiger partial charge in [-0.15, -0.1) is 0 Å². The number of amides is 1. The number of carbonyl (C=O) groups is 2. The molecule has 1 amide bonds. The fourth-order valence-corrected chi connectivity index (χ4v) is 2.61. The standard InChI is InChI=1S/C17H25N5O3/c1-10(2)17-18-14(20-25-17)7-8-21(6)15(24)9-22-12(4)16(13(5)23)11(3)19-22/h10H,7-9H2,1-6H3. The molecule has 136 valence electrons. The molecule has 8 heteroatoms. The van der Waals surface area contributed by atoms with Crippen LogP contribution in [0.5, 0.6) is 0 Å². The molecule has 2 aromatic rings. The number of rotatable bonds is 7. The molecule has 25 heavy (non-hydrogen) atoms. The van der Waals surface area contributed by atoms with Crippen molar-refractivity contribution in [2.75, 3.05) is 13.6 Å². The molecule has 0 N–H and O–H groups in total. The molecular formula is C17H25N5O3. The van der Waals surface area contributed by atoms with Gasteiger partial charge >= 0.3 is 0 Å². The molecule has 0 aliphatic heterocycles.